The monoisotopic (exact) mass is 247 g/mol. The van der Waals surface area contributed by atoms with Crippen molar-refractivity contribution in [3.05, 3.63) is 46.0 Å². The van der Waals surface area contributed by atoms with E-state index in [0.29, 0.717) is 6.04 Å². The number of likely N-dealkylation sites (N-methyl/N-ethyl adjacent to an activating group) is 1. The van der Waals surface area contributed by atoms with Crippen LogP contribution in [0.25, 0.3) is 0 Å². The summed E-state index contributed by atoms with van der Waals surface area (Å²) in [7, 11) is 1.99. The Hall–Kier alpha value is -1.26. The molecule has 90 valence electrons. The molecule has 1 heterocycles. The van der Waals surface area contributed by atoms with Crippen molar-refractivity contribution >= 4 is 11.5 Å². The van der Waals surface area contributed by atoms with Gasteiger partial charge in [-0.2, -0.15) is 0 Å². The fourth-order valence-electron chi connectivity index (χ4n) is 1.94. The largest absolute Gasteiger partial charge is 0.312 e. The minimum absolute atomic E-state index is 0.302. The lowest BCUT2D eigenvalue weighted by Gasteiger charge is -2.16. The number of hydrogen-bond acceptors (Lipinski definition) is 4. The topological polar surface area (TPSA) is 37.8 Å². The van der Waals surface area contributed by atoms with Crippen molar-refractivity contribution in [2.45, 2.75) is 26.3 Å². The molecule has 0 aliphatic rings. The van der Waals surface area contributed by atoms with Crippen LogP contribution in [0.5, 0.6) is 0 Å². The van der Waals surface area contributed by atoms with E-state index in [1.165, 1.54) is 27.5 Å². The van der Waals surface area contributed by atoms with Gasteiger partial charge in [0.2, 0.25) is 0 Å². The summed E-state index contributed by atoms with van der Waals surface area (Å²) >= 11 is 1.48. The molecule has 1 unspecified atom stereocenters. The van der Waals surface area contributed by atoms with Crippen molar-refractivity contribution in [2.24, 2.45) is 0 Å². The molecule has 1 aromatic carbocycles. The Bertz CT molecular complexity index is 493. The molecule has 2 rings (SSSR count). The molecule has 17 heavy (non-hydrogen) atoms. The number of hydrogen-bond donors (Lipinski definition) is 1. The Morgan fingerprint density at radius 3 is 2.65 bits per heavy atom. The molecule has 0 saturated carbocycles. The van der Waals surface area contributed by atoms with Gasteiger partial charge in [-0.15, -0.1) is 5.10 Å². The molecule has 0 aliphatic heterocycles. The Labute approximate surface area is 106 Å². The highest BCUT2D eigenvalue weighted by molar-refractivity contribution is 7.05. The highest BCUT2D eigenvalue weighted by atomic mass is 32.1. The molecule has 0 amide bonds. The quantitative estimate of drug-likeness (QED) is 0.902. The first-order valence-corrected chi connectivity index (χ1v) is 6.50. The third-order valence-corrected chi connectivity index (χ3v) is 3.98. The van der Waals surface area contributed by atoms with Crippen LogP contribution < -0.4 is 5.32 Å². The van der Waals surface area contributed by atoms with Gasteiger partial charge in [0.15, 0.2) is 0 Å². The molecule has 0 saturated heterocycles. The Morgan fingerprint density at radius 1 is 1.29 bits per heavy atom. The van der Waals surface area contributed by atoms with Crippen molar-refractivity contribution in [2.75, 3.05) is 7.05 Å². The SMILES string of the molecule is CNC(Cc1ccccc1C)c1snnc1C. The number of benzene rings is 1. The standard InChI is InChI=1S/C13H17N3S/c1-9-6-4-5-7-11(9)8-12(14-3)13-10(2)15-16-17-13/h4-7,12,14H,8H2,1-3H3. The normalized spacial score (nSPS) is 12.6. The first-order chi connectivity index (χ1) is 8.22. The second-order valence-corrected chi connectivity index (χ2v) is 4.98. The van der Waals surface area contributed by atoms with Crippen molar-refractivity contribution in [1.29, 1.82) is 0 Å². The predicted molar refractivity (Wildman–Crippen MR) is 71.3 cm³/mol. The summed E-state index contributed by atoms with van der Waals surface area (Å²) in [6, 6.07) is 8.80. The van der Waals surface area contributed by atoms with Crippen molar-refractivity contribution < 1.29 is 0 Å². The van der Waals surface area contributed by atoms with E-state index >= 15 is 0 Å². The van der Waals surface area contributed by atoms with E-state index in [1.807, 2.05) is 14.0 Å². The lowest BCUT2D eigenvalue weighted by Crippen LogP contribution is -2.19. The molecular weight excluding hydrogens is 230 g/mol. The maximum absolute atomic E-state index is 4.08. The van der Waals surface area contributed by atoms with E-state index in [4.69, 9.17) is 0 Å². The minimum atomic E-state index is 0.302. The summed E-state index contributed by atoms with van der Waals surface area (Å²) in [6.07, 6.45) is 0.980. The molecule has 2 aromatic rings. The van der Waals surface area contributed by atoms with Gasteiger partial charge in [-0.1, -0.05) is 28.8 Å². The smallest absolute Gasteiger partial charge is 0.0772 e. The number of rotatable bonds is 4. The summed E-state index contributed by atoms with van der Waals surface area (Å²) in [5.41, 5.74) is 3.74. The van der Waals surface area contributed by atoms with Crippen LogP contribution in [0, 0.1) is 13.8 Å². The lowest BCUT2D eigenvalue weighted by atomic mass is 10.00. The first kappa shape index (κ1) is 12.2. The van der Waals surface area contributed by atoms with E-state index < -0.39 is 0 Å². The van der Waals surface area contributed by atoms with Crippen molar-refractivity contribution in [1.82, 2.24) is 14.9 Å². The molecule has 1 aromatic heterocycles. The van der Waals surface area contributed by atoms with Gasteiger partial charge in [0.1, 0.15) is 0 Å². The number of aryl methyl sites for hydroxylation is 2. The summed E-state index contributed by atoms with van der Waals surface area (Å²) in [5.74, 6) is 0. The third-order valence-electron chi connectivity index (χ3n) is 3.04. The van der Waals surface area contributed by atoms with Crippen LogP contribution in [0.1, 0.15) is 27.7 Å². The Morgan fingerprint density at radius 2 is 2.06 bits per heavy atom. The van der Waals surface area contributed by atoms with Crippen LogP contribution in [0.4, 0.5) is 0 Å². The Kier molecular flexibility index (Phi) is 3.86. The summed E-state index contributed by atoms with van der Waals surface area (Å²) in [4.78, 5) is 1.23. The fraction of sp³-hybridized carbons (Fsp3) is 0.385. The highest BCUT2D eigenvalue weighted by Crippen LogP contribution is 2.24. The van der Waals surface area contributed by atoms with E-state index in [-0.39, 0.29) is 0 Å². The van der Waals surface area contributed by atoms with Gasteiger partial charge in [0.25, 0.3) is 0 Å². The molecule has 3 nitrogen and oxygen atoms in total. The molecule has 0 aliphatic carbocycles. The van der Waals surface area contributed by atoms with E-state index in [2.05, 4.69) is 46.1 Å². The number of aromatic nitrogens is 2. The summed E-state index contributed by atoms with van der Waals surface area (Å²) in [5, 5.41) is 7.43. The van der Waals surface area contributed by atoms with Gasteiger partial charge in [0.05, 0.1) is 10.6 Å². The van der Waals surface area contributed by atoms with Gasteiger partial charge in [0, 0.05) is 6.04 Å². The second kappa shape index (κ2) is 5.38. The number of nitrogens with one attached hydrogen (secondary N) is 1. The number of nitrogens with zero attached hydrogens (tertiary/aromatic N) is 2. The van der Waals surface area contributed by atoms with E-state index in [1.54, 1.807) is 0 Å². The zero-order chi connectivity index (χ0) is 12.3. The van der Waals surface area contributed by atoms with Crippen LogP contribution in [-0.2, 0) is 6.42 Å². The van der Waals surface area contributed by atoms with Crippen LogP contribution >= 0.6 is 11.5 Å². The van der Waals surface area contributed by atoms with Gasteiger partial charge in [-0.05, 0) is 50.0 Å². The maximum Gasteiger partial charge on any atom is 0.0772 e. The molecular formula is C13H17N3S. The fourth-order valence-corrected chi connectivity index (χ4v) is 2.69. The Balaban J connectivity index is 2.22. The third kappa shape index (κ3) is 2.70. The van der Waals surface area contributed by atoms with Crippen LogP contribution in [-0.4, -0.2) is 16.6 Å². The minimum Gasteiger partial charge on any atom is -0.312 e. The first-order valence-electron chi connectivity index (χ1n) is 5.73. The van der Waals surface area contributed by atoms with Crippen molar-refractivity contribution in [3.63, 3.8) is 0 Å². The van der Waals surface area contributed by atoms with Crippen LogP contribution in [0.3, 0.4) is 0 Å². The van der Waals surface area contributed by atoms with Crippen molar-refractivity contribution in [3.8, 4) is 0 Å². The van der Waals surface area contributed by atoms with Gasteiger partial charge in [-0.25, -0.2) is 0 Å². The molecule has 1 N–H and O–H groups in total. The molecule has 0 radical (unpaired) electrons. The molecule has 1 atom stereocenters. The van der Waals surface area contributed by atoms with E-state index in [9.17, 15) is 0 Å². The lowest BCUT2D eigenvalue weighted by molar-refractivity contribution is 0.596. The van der Waals surface area contributed by atoms with E-state index in [0.717, 1.165) is 12.1 Å². The average molecular weight is 247 g/mol. The van der Waals surface area contributed by atoms with Crippen LogP contribution in [0.15, 0.2) is 24.3 Å². The summed E-state index contributed by atoms with van der Waals surface area (Å²) in [6.45, 7) is 4.17. The molecule has 0 spiro atoms. The maximum atomic E-state index is 4.08. The van der Waals surface area contributed by atoms with Gasteiger partial charge in [-0.3, -0.25) is 0 Å². The molecule has 4 heteroatoms. The van der Waals surface area contributed by atoms with Gasteiger partial charge >= 0.3 is 0 Å². The van der Waals surface area contributed by atoms with Gasteiger partial charge < -0.3 is 5.32 Å². The second-order valence-electron chi connectivity index (χ2n) is 4.19. The average Bonchev–Trinajstić information content (AvgIpc) is 2.75. The van der Waals surface area contributed by atoms with Crippen LogP contribution in [0.2, 0.25) is 0 Å². The molecule has 0 fully saturated rings. The summed E-state index contributed by atoms with van der Waals surface area (Å²) < 4.78 is 4.01. The highest BCUT2D eigenvalue weighted by Gasteiger charge is 2.16. The molecule has 0 bridgehead atoms. The zero-order valence-corrected chi connectivity index (χ0v) is 11.2. The predicted octanol–water partition coefficient (Wildman–Crippen LogP) is 2.66. The zero-order valence-electron chi connectivity index (χ0n) is 10.4.